The highest BCUT2D eigenvalue weighted by Gasteiger charge is 2.30. The third-order valence-electron chi connectivity index (χ3n) is 3.72. The number of nitrogens with zero attached hydrogens (tertiary/aromatic N) is 1. The van der Waals surface area contributed by atoms with E-state index in [0.717, 1.165) is 28.8 Å². The van der Waals surface area contributed by atoms with Gasteiger partial charge in [-0.25, -0.2) is 4.79 Å². The summed E-state index contributed by atoms with van der Waals surface area (Å²) in [5.74, 6) is -2.33. The molecule has 3 rings (SSSR count). The maximum Gasteiger partial charge on any atom is 0.420 e. The fourth-order valence-corrected chi connectivity index (χ4v) is 2.42. The summed E-state index contributed by atoms with van der Waals surface area (Å²) in [6.45, 7) is -1.12. The molecular formula is C18H13F3N2O5. The third kappa shape index (κ3) is 4.40. The van der Waals surface area contributed by atoms with Crippen molar-refractivity contribution in [3.63, 3.8) is 0 Å². The number of esters is 1. The molecule has 0 spiro atoms. The lowest BCUT2D eigenvalue weighted by Gasteiger charge is -2.09. The molecule has 0 aliphatic heterocycles. The van der Waals surface area contributed by atoms with Crippen molar-refractivity contribution in [2.75, 3.05) is 11.9 Å². The Kier molecular flexibility index (Phi) is 5.21. The van der Waals surface area contributed by atoms with Gasteiger partial charge in [0.2, 0.25) is 0 Å². The van der Waals surface area contributed by atoms with Crippen molar-refractivity contribution in [3.8, 4) is 0 Å². The molecule has 0 unspecified atom stereocenters. The van der Waals surface area contributed by atoms with E-state index in [1.165, 1.54) is 0 Å². The number of amides is 1. The number of fused-ring (bicyclic) bond motifs is 1. The lowest BCUT2D eigenvalue weighted by molar-refractivity contribution is -0.147. The summed E-state index contributed by atoms with van der Waals surface area (Å²) in [4.78, 5) is 35.5. The van der Waals surface area contributed by atoms with Crippen LogP contribution in [0.15, 0.2) is 57.7 Å². The van der Waals surface area contributed by atoms with E-state index in [2.05, 4.69) is 5.32 Å². The molecule has 3 aromatic rings. The van der Waals surface area contributed by atoms with Crippen molar-refractivity contribution in [1.82, 2.24) is 4.57 Å². The van der Waals surface area contributed by atoms with Gasteiger partial charge < -0.3 is 14.5 Å². The molecule has 7 nitrogen and oxygen atoms in total. The Morgan fingerprint density at radius 2 is 1.75 bits per heavy atom. The maximum absolute atomic E-state index is 12.5. The van der Waals surface area contributed by atoms with Gasteiger partial charge in [-0.15, -0.1) is 0 Å². The van der Waals surface area contributed by atoms with Gasteiger partial charge in [0.25, 0.3) is 5.91 Å². The smallest absolute Gasteiger partial charge is 0.420 e. The molecule has 0 saturated heterocycles. The Labute approximate surface area is 155 Å². The van der Waals surface area contributed by atoms with Gasteiger partial charge in [-0.3, -0.25) is 14.2 Å². The Hall–Kier alpha value is -3.56. The maximum atomic E-state index is 12.5. The number of aromatic nitrogens is 1. The van der Waals surface area contributed by atoms with E-state index >= 15 is 0 Å². The first-order chi connectivity index (χ1) is 13.2. The summed E-state index contributed by atoms with van der Waals surface area (Å²) < 4.78 is 48.3. The number of alkyl halides is 3. The van der Waals surface area contributed by atoms with Gasteiger partial charge in [-0.2, -0.15) is 13.2 Å². The molecular weight excluding hydrogens is 381 g/mol. The summed E-state index contributed by atoms with van der Waals surface area (Å²) in [6, 6.07) is 10.3. The molecule has 10 heteroatoms. The molecule has 1 aromatic heterocycles. The van der Waals surface area contributed by atoms with E-state index in [0.29, 0.717) is 11.1 Å². The van der Waals surface area contributed by atoms with Crippen LogP contribution in [0.2, 0.25) is 0 Å². The topological polar surface area (TPSA) is 90.5 Å². The van der Waals surface area contributed by atoms with Crippen molar-refractivity contribution < 1.29 is 31.9 Å². The normalized spacial score (nSPS) is 11.4. The first-order valence-electron chi connectivity index (χ1n) is 7.95. The van der Waals surface area contributed by atoms with Crippen LogP contribution in [0, 0.1) is 0 Å². The summed E-state index contributed by atoms with van der Waals surface area (Å²) in [5, 5.41) is 2.31. The Morgan fingerprint density at radius 3 is 2.43 bits per heavy atom. The number of para-hydroxylation sites is 2. The Bertz CT molecular complexity index is 1070. The highest BCUT2D eigenvalue weighted by atomic mass is 19.4. The molecule has 2 aromatic carbocycles. The van der Waals surface area contributed by atoms with E-state index in [1.807, 2.05) is 0 Å². The van der Waals surface area contributed by atoms with Crippen molar-refractivity contribution >= 4 is 28.7 Å². The first kappa shape index (κ1) is 19.2. The van der Waals surface area contributed by atoms with E-state index in [4.69, 9.17) is 9.15 Å². The lowest BCUT2D eigenvalue weighted by Crippen LogP contribution is -2.25. The Balaban J connectivity index is 1.55. The summed E-state index contributed by atoms with van der Waals surface area (Å²) in [6.07, 6.45) is -4.48. The molecule has 0 radical (unpaired) electrons. The third-order valence-corrected chi connectivity index (χ3v) is 3.72. The van der Waals surface area contributed by atoms with Crippen LogP contribution in [0.4, 0.5) is 18.9 Å². The van der Waals surface area contributed by atoms with Gasteiger partial charge in [0.05, 0.1) is 11.1 Å². The Morgan fingerprint density at radius 1 is 1.07 bits per heavy atom. The minimum atomic E-state index is -4.48. The number of benzene rings is 2. The molecule has 1 amide bonds. The van der Waals surface area contributed by atoms with Gasteiger partial charge in [0.1, 0.15) is 6.54 Å². The number of hydrogen-bond donors (Lipinski definition) is 1. The predicted octanol–water partition coefficient (Wildman–Crippen LogP) is 2.80. The number of nitrogens with one attached hydrogen (secondary N) is 1. The highest BCUT2D eigenvalue weighted by Crippen LogP contribution is 2.29. The number of rotatable bonds is 5. The molecule has 0 atom stereocenters. The van der Waals surface area contributed by atoms with Gasteiger partial charge in [-0.05, 0) is 36.4 Å². The molecule has 1 heterocycles. The SMILES string of the molecule is O=C(COC(=O)Cn1c(=O)oc2ccccc21)Nc1ccc(C(F)(F)F)cc1. The number of hydrogen-bond acceptors (Lipinski definition) is 5. The largest absolute Gasteiger partial charge is 0.454 e. The number of carbonyl (C=O) groups is 2. The quantitative estimate of drug-likeness (QED) is 0.672. The molecule has 0 bridgehead atoms. The highest BCUT2D eigenvalue weighted by molar-refractivity contribution is 5.92. The number of carbonyl (C=O) groups excluding carboxylic acids is 2. The number of ether oxygens (including phenoxy) is 1. The molecule has 0 aliphatic carbocycles. The van der Waals surface area contributed by atoms with Crippen molar-refractivity contribution in [2.24, 2.45) is 0 Å². The van der Waals surface area contributed by atoms with Crippen LogP contribution >= 0.6 is 0 Å². The summed E-state index contributed by atoms with van der Waals surface area (Å²) in [5.41, 5.74) is -0.0280. The zero-order valence-corrected chi connectivity index (χ0v) is 14.2. The van der Waals surface area contributed by atoms with Crippen LogP contribution in [0.3, 0.4) is 0 Å². The van der Waals surface area contributed by atoms with E-state index in [9.17, 15) is 27.6 Å². The van der Waals surface area contributed by atoms with Crippen molar-refractivity contribution in [2.45, 2.75) is 12.7 Å². The number of halogens is 3. The molecule has 0 saturated carbocycles. The van der Waals surface area contributed by atoms with Crippen LogP contribution in [-0.4, -0.2) is 23.1 Å². The molecule has 1 N–H and O–H groups in total. The zero-order chi connectivity index (χ0) is 20.3. The lowest BCUT2D eigenvalue weighted by atomic mass is 10.2. The second-order valence-corrected chi connectivity index (χ2v) is 5.71. The average molecular weight is 394 g/mol. The minimum absolute atomic E-state index is 0.117. The predicted molar refractivity (Wildman–Crippen MR) is 91.5 cm³/mol. The molecule has 146 valence electrons. The second-order valence-electron chi connectivity index (χ2n) is 5.71. The van der Waals surface area contributed by atoms with Gasteiger partial charge >= 0.3 is 17.9 Å². The molecule has 0 fully saturated rings. The van der Waals surface area contributed by atoms with Crippen LogP contribution < -0.4 is 11.1 Å². The fourth-order valence-electron chi connectivity index (χ4n) is 2.42. The van der Waals surface area contributed by atoms with Crippen LogP contribution in [0.1, 0.15) is 5.56 Å². The van der Waals surface area contributed by atoms with Gasteiger partial charge in [-0.1, -0.05) is 12.1 Å². The van der Waals surface area contributed by atoms with Crippen molar-refractivity contribution in [3.05, 3.63) is 64.6 Å². The monoisotopic (exact) mass is 394 g/mol. The molecule has 0 aliphatic rings. The minimum Gasteiger partial charge on any atom is -0.454 e. The van der Waals surface area contributed by atoms with Crippen LogP contribution in [0.5, 0.6) is 0 Å². The van der Waals surface area contributed by atoms with E-state index in [-0.39, 0.29) is 5.69 Å². The fraction of sp³-hybridized carbons (Fsp3) is 0.167. The van der Waals surface area contributed by atoms with E-state index in [1.54, 1.807) is 24.3 Å². The molecule has 28 heavy (non-hydrogen) atoms. The van der Waals surface area contributed by atoms with Crippen LogP contribution in [0.25, 0.3) is 11.1 Å². The summed E-state index contributed by atoms with van der Waals surface area (Å²) >= 11 is 0. The number of anilines is 1. The second kappa shape index (κ2) is 7.59. The van der Waals surface area contributed by atoms with Crippen molar-refractivity contribution in [1.29, 1.82) is 0 Å². The first-order valence-corrected chi connectivity index (χ1v) is 7.95. The standard InChI is InChI=1S/C18H13F3N2O5/c19-18(20,21)11-5-7-12(8-6-11)22-15(24)10-27-16(25)9-23-13-3-1-2-4-14(13)28-17(23)26/h1-8H,9-10H2,(H,22,24). The van der Waals surface area contributed by atoms with Crippen LogP contribution in [-0.2, 0) is 27.0 Å². The van der Waals surface area contributed by atoms with Gasteiger partial charge in [0.15, 0.2) is 12.2 Å². The summed E-state index contributed by atoms with van der Waals surface area (Å²) in [7, 11) is 0. The number of oxazole rings is 1. The van der Waals surface area contributed by atoms with Gasteiger partial charge in [0, 0.05) is 5.69 Å². The van der Waals surface area contributed by atoms with E-state index < -0.39 is 42.5 Å². The average Bonchev–Trinajstić information content (AvgIpc) is 2.95. The zero-order valence-electron chi connectivity index (χ0n) is 14.2.